The third-order valence-electron chi connectivity index (χ3n) is 8.44. The van der Waals surface area contributed by atoms with Gasteiger partial charge in [0.15, 0.2) is 0 Å². The van der Waals surface area contributed by atoms with Gasteiger partial charge in [-0.3, -0.25) is 19.0 Å². The zero-order chi connectivity index (χ0) is 33.9. The number of aliphatic hydroxyl groups excluding tert-OH is 1. The van der Waals surface area contributed by atoms with Gasteiger partial charge in [-0.05, 0) is 67.7 Å². The molecule has 0 unspecified atom stereocenters. The smallest absolute Gasteiger partial charge is 0.272 e. The molecule has 5 aromatic rings. The molecule has 2 aromatic heterocycles. The monoisotopic (exact) mass is 648 g/mol. The first-order chi connectivity index (χ1) is 23.1. The normalized spacial score (nSPS) is 13.1. The van der Waals surface area contributed by atoms with E-state index in [2.05, 4.69) is 10.3 Å². The van der Waals surface area contributed by atoms with E-state index >= 15 is 4.39 Å². The zero-order valence-electron chi connectivity index (χ0n) is 27.1. The van der Waals surface area contributed by atoms with Gasteiger partial charge in [0.25, 0.3) is 11.1 Å². The SMILES string of the molecule is CN(C)C/C=C/C(=O)NCc1cccc(Cc2nc(-c3cccc(-n4cnc5cc(C6CC6)cc(F)c5c4=O)c3CO)cn(C)c2=O)c1. The Bertz CT molecular complexity index is 2170. The number of hydrogen-bond acceptors (Lipinski definition) is 7. The van der Waals surface area contributed by atoms with Crippen molar-refractivity contribution in [1.29, 1.82) is 0 Å². The molecule has 1 fully saturated rings. The maximum absolute atomic E-state index is 15.2. The third kappa shape index (κ3) is 7.02. The average Bonchev–Trinajstić information content (AvgIpc) is 3.91. The molecule has 0 atom stereocenters. The number of aliphatic hydroxyl groups is 1. The lowest BCUT2D eigenvalue weighted by Crippen LogP contribution is -2.24. The number of carbonyl (C=O) groups excluding carboxylic acids is 1. The van der Waals surface area contributed by atoms with E-state index in [0.29, 0.717) is 47.0 Å². The fourth-order valence-electron chi connectivity index (χ4n) is 5.82. The summed E-state index contributed by atoms with van der Waals surface area (Å²) in [4.78, 5) is 50.1. The predicted octanol–water partition coefficient (Wildman–Crippen LogP) is 3.98. The highest BCUT2D eigenvalue weighted by Gasteiger charge is 2.26. The van der Waals surface area contributed by atoms with Crippen LogP contribution < -0.4 is 16.4 Å². The van der Waals surface area contributed by atoms with E-state index in [4.69, 9.17) is 4.98 Å². The van der Waals surface area contributed by atoms with Gasteiger partial charge in [-0.1, -0.05) is 42.5 Å². The zero-order valence-corrected chi connectivity index (χ0v) is 27.1. The van der Waals surface area contributed by atoms with E-state index < -0.39 is 18.0 Å². The van der Waals surface area contributed by atoms with Gasteiger partial charge in [0.2, 0.25) is 5.91 Å². The number of aryl methyl sites for hydroxylation is 1. The number of amides is 1. The molecule has 10 nitrogen and oxygen atoms in total. The van der Waals surface area contributed by atoms with Crippen LogP contribution in [0.25, 0.3) is 27.8 Å². The number of rotatable bonds is 11. The number of fused-ring (bicyclic) bond motifs is 1. The summed E-state index contributed by atoms with van der Waals surface area (Å²) in [5.41, 5.74) is 3.94. The van der Waals surface area contributed by atoms with Gasteiger partial charge in [-0.2, -0.15) is 0 Å². The predicted molar refractivity (Wildman–Crippen MR) is 182 cm³/mol. The van der Waals surface area contributed by atoms with E-state index in [1.807, 2.05) is 43.3 Å². The van der Waals surface area contributed by atoms with Crippen molar-refractivity contribution in [3.63, 3.8) is 0 Å². The summed E-state index contributed by atoms with van der Waals surface area (Å²) < 4.78 is 17.9. The van der Waals surface area contributed by atoms with Crippen LogP contribution in [0.4, 0.5) is 4.39 Å². The molecule has 0 aliphatic heterocycles. The molecule has 0 radical (unpaired) electrons. The number of nitrogens with zero attached hydrogens (tertiary/aromatic N) is 5. The summed E-state index contributed by atoms with van der Waals surface area (Å²) in [6.45, 7) is 0.539. The minimum Gasteiger partial charge on any atom is -0.392 e. The van der Waals surface area contributed by atoms with E-state index in [1.165, 1.54) is 27.6 Å². The molecule has 6 rings (SSSR count). The van der Waals surface area contributed by atoms with Gasteiger partial charge in [0.1, 0.15) is 23.2 Å². The van der Waals surface area contributed by atoms with Crippen molar-refractivity contribution in [1.82, 2.24) is 29.3 Å². The lowest BCUT2D eigenvalue weighted by atomic mass is 10.0. The highest BCUT2D eigenvalue weighted by Crippen LogP contribution is 2.41. The summed E-state index contributed by atoms with van der Waals surface area (Å²) in [6, 6.07) is 15.9. The molecule has 1 aliphatic rings. The van der Waals surface area contributed by atoms with Crippen molar-refractivity contribution in [2.75, 3.05) is 20.6 Å². The summed E-state index contributed by atoms with van der Waals surface area (Å²) in [5.74, 6) is -0.500. The topological polar surface area (TPSA) is 122 Å². The summed E-state index contributed by atoms with van der Waals surface area (Å²) in [7, 11) is 5.48. The molecule has 246 valence electrons. The largest absolute Gasteiger partial charge is 0.392 e. The Morgan fingerprint density at radius 2 is 1.85 bits per heavy atom. The van der Waals surface area contributed by atoms with Gasteiger partial charge >= 0.3 is 0 Å². The number of hydrogen-bond donors (Lipinski definition) is 2. The lowest BCUT2D eigenvalue weighted by Gasteiger charge is -2.16. The second-order valence-corrected chi connectivity index (χ2v) is 12.4. The first kappa shape index (κ1) is 32.7. The number of nitrogens with one attached hydrogen (secondary N) is 1. The number of halogens is 1. The Balaban J connectivity index is 1.30. The van der Waals surface area contributed by atoms with Gasteiger partial charge < -0.3 is 19.9 Å². The van der Waals surface area contributed by atoms with Crippen LogP contribution in [-0.2, 0) is 31.4 Å². The van der Waals surface area contributed by atoms with Crippen molar-refractivity contribution < 1.29 is 14.3 Å². The van der Waals surface area contributed by atoms with E-state index in [1.54, 1.807) is 43.6 Å². The van der Waals surface area contributed by atoms with Gasteiger partial charge in [-0.15, -0.1) is 0 Å². The molecule has 3 aromatic carbocycles. The first-order valence-corrected chi connectivity index (χ1v) is 15.8. The molecular formula is C37H37FN6O4. The van der Waals surface area contributed by atoms with Crippen LogP contribution in [-0.4, -0.2) is 55.7 Å². The maximum atomic E-state index is 15.2. The van der Waals surface area contributed by atoms with Crippen molar-refractivity contribution in [2.45, 2.75) is 38.3 Å². The number of benzene rings is 3. The van der Waals surface area contributed by atoms with Crippen LogP contribution in [0.3, 0.4) is 0 Å². The first-order valence-electron chi connectivity index (χ1n) is 15.8. The van der Waals surface area contributed by atoms with Crippen LogP contribution in [0.2, 0.25) is 0 Å². The summed E-state index contributed by atoms with van der Waals surface area (Å²) >= 11 is 0. The highest BCUT2D eigenvalue weighted by molar-refractivity contribution is 5.87. The van der Waals surface area contributed by atoms with Gasteiger partial charge in [0, 0.05) is 50.0 Å². The quantitative estimate of drug-likeness (QED) is 0.208. The van der Waals surface area contributed by atoms with Gasteiger partial charge in [-0.25, -0.2) is 14.4 Å². The van der Waals surface area contributed by atoms with E-state index in [-0.39, 0.29) is 29.0 Å². The third-order valence-corrected chi connectivity index (χ3v) is 8.44. The lowest BCUT2D eigenvalue weighted by molar-refractivity contribution is -0.116. The number of aromatic nitrogens is 4. The molecule has 1 aliphatic carbocycles. The molecule has 0 saturated heterocycles. The highest BCUT2D eigenvalue weighted by atomic mass is 19.1. The molecule has 48 heavy (non-hydrogen) atoms. The molecule has 1 saturated carbocycles. The standard InChI is InChI=1S/C37H37FN6O4/c1-42(2)14-6-11-34(46)39-19-24-8-4-7-23(15-24)16-31-36(47)43(3)20-32(41-31)27-9-5-10-33(28(27)21-45)44-22-40-30-18-26(25-12-13-25)17-29(38)35(30)37(44)48/h4-11,15,17-18,20,22,25,45H,12-14,16,19,21H2,1-3H3,(H,39,46)/b11-6+. The minimum atomic E-state index is -0.615. The van der Waals surface area contributed by atoms with Crippen molar-refractivity contribution in [3.05, 3.63) is 134 Å². The van der Waals surface area contributed by atoms with Crippen LogP contribution >= 0.6 is 0 Å². The molecule has 0 spiro atoms. The number of likely N-dealkylation sites (N-methyl/N-ethyl adjacent to an activating group) is 1. The average molecular weight is 649 g/mol. The second-order valence-electron chi connectivity index (χ2n) is 12.4. The summed E-state index contributed by atoms with van der Waals surface area (Å²) in [5, 5.41) is 13.3. The Hall–Kier alpha value is -5.26. The van der Waals surface area contributed by atoms with Crippen LogP contribution in [0.1, 0.15) is 46.7 Å². The Morgan fingerprint density at radius 1 is 1.08 bits per heavy atom. The van der Waals surface area contributed by atoms with Crippen molar-refractivity contribution in [3.8, 4) is 16.9 Å². The molecular weight excluding hydrogens is 611 g/mol. The van der Waals surface area contributed by atoms with E-state index in [0.717, 1.165) is 29.5 Å². The molecule has 1 amide bonds. The Kier molecular flexibility index (Phi) is 9.42. The fourth-order valence-corrected chi connectivity index (χ4v) is 5.82. The Labute approximate surface area is 276 Å². The maximum Gasteiger partial charge on any atom is 0.272 e. The molecule has 2 N–H and O–H groups in total. The molecule has 0 bridgehead atoms. The molecule has 11 heteroatoms. The number of carbonyl (C=O) groups is 1. The molecule has 2 heterocycles. The van der Waals surface area contributed by atoms with Crippen LogP contribution in [0, 0.1) is 5.82 Å². The van der Waals surface area contributed by atoms with Crippen molar-refractivity contribution >= 4 is 16.8 Å². The summed E-state index contributed by atoms with van der Waals surface area (Å²) in [6.07, 6.45) is 8.46. The van der Waals surface area contributed by atoms with Crippen LogP contribution in [0.5, 0.6) is 0 Å². The van der Waals surface area contributed by atoms with Crippen LogP contribution in [0.15, 0.2) is 88.9 Å². The van der Waals surface area contributed by atoms with E-state index in [9.17, 15) is 19.5 Å². The second kappa shape index (κ2) is 13.8. The Morgan fingerprint density at radius 3 is 2.60 bits per heavy atom. The fraction of sp³-hybridized carbons (Fsp3) is 0.270. The minimum absolute atomic E-state index is 0.110. The van der Waals surface area contributed by atoms with Gasteiger partial charge in [0.05, 0.1) is 23.5 Å². The van der Waals surface area contributed by atoms with Crippen molar-refractivity contribution in [2.24, 2.45) is 7.05 Å².